The molecule has 0 aliphatic carbocycles. The van der Waals surface area contributed by atoms with Crippen LogP contribution in [0.25, 0.3) is 0 Å². The lowest BCUT2D eigenvalue weighted by Crippen LogP contribution is -3.06. The highest BCUT2D eigenvalue weighted by molar-refractivity contribution is 7.16. The largest absolute Gasteiger partial charge is 0.368 e. The van der Waals surface area contributed by atoms with Crippen LogP contribution in [0, 0.1) is 6.92 Å². The number of thiophene rings is 1. The number of nitrogens with two attached hydrogens (primary N) is 1. The number of nitrogens with one attached hydrogen (secondary N) is 2. The van der Waals surface area contributed by atoms with Crippen molar-refractivity contribution in [3.05, 3.63) is 57.0 Å². The Morgan fingerprint density at radius 1 is 1.12 bits per heavy atom. The summed E-state index contributed by atoms with van der Waals surface area (Å²) in [5, 5.41) is 3.21. The Balaban J connectivity index is 1.71. The number of quaternary nitrogens is 1. The zero-order valence-corrected chi connectivity index (χ0v) is 15.7. The normalized spacial score (nSPS) is 12.1. The first kappa shape index (κ1) is 17.6. The summed E-state index contributed by atoms with van der Waals surface area (Å²) in [6.45, 7) is 3.52. The fourth-order valence-corrected chi connectivity index (χ4v) is 3.68. The summed E-state index contributed by atoms with van der Waals surface area (Å²) in [5.74, 6) is 1.33. The third-order valence-electron chi connectivity index (χ3n) is 3.66. The Labute approximate surface area is 155 Å². The van der Waals surface area contributed by atoms with Crippen molar-refractivity contribution in [3.8, 4) is 0 Å². The van der Waals surface area contributed by atoms with Gasteiger partial charge in [0.05, 0.1) is 16.3 Å². The van der Waals surface area contributed by atoms with E-state index in [1.165, 1.54) is 9.78 Å². The molecule has 0 saturated carbocycles. The van der Waals surface area contributed by atoms with Crippen molar-refractivity contribution in [2.24, 2.45) is 0 Å². The van der Waals surface area contributed by atoms with E-state index in [4.69, 9.17) is 17.3 Å². The van der Waals surface area contributed by atoms with Gasteiger partial charge in [0.2, 0.25) is 11.9 Å². The van der Waals surface area contributed by atoms with Crippen LogP contribution in [0.1, 0.15) is 16.3 Å². The van der Waals surface area contributed by atoms with E-state index in [0.717, 1.165) is 22.1 Å². The van der Waals surface area contributed by atoms with E-state index in [1.54, 1.807) is 11.3 Å². The molecule has 0 amide bonds. The molecule has 2 heterocycles. The number of aryl methyl sites for hydroxylation is 1. The van der Waals surface area contributed by atoms with E-state index in [9.17, 15) is 0 Å². The Morgan fingerprint density at radius 2 is 1.92 bits per heavy atom. The SMILES string of the molecule is Cc1ccccc1Nc1nc(N)nc(C[NH+](C)Cc2ccc(Cl)s2)n1. The van der Waals surface area contributed by atoms with Gasteiger partial charge in [-0.2, -0.15) is 15.0 Å². The number of nitrogen functional groups attached to an aromatic ring is 1. The summed E-state index contributed by atoms with van der Waals surface area (Å²) in [7, 11) is 2.09. The quantitative estimate of drug-likeness (QED) is 0.616. The molecule has 1 unspecified atom stereocenters. The Bertz CT molecular complexity index is 866. The number of benzene rings is 1. The Kier molecular flexibility index (Phi) is 5.47. The standard InChI is InChI=1S/C17H19ClN6S/c1-11-5-3-4-6-13(11)20-17-22-15(21-16(19)23-17)10-24(2)9-12-7-8-14(18)25-12/h3-8H,9-10H2,1-2H3,(H3,19,20,21,22,23)/p+1. The Morgan fingerprint density at radius 3 is 2.64 bits per heavy atom. The van der Waals surface area contributed by atoms with E-state index >= 15 is 0 Å². The molecular formula is C17H20ClN6S+. The zero-order chi connectivity index (χ0) is 17.8. The predicted octanol–water partition coefficient (Wildman–Crippen LogP) is 2.44. The van der Waals surface area contributed by atoms with Gasteiger partial charge in [-0.3, -0.25) is 0 Å². The van der Waals surface area contributed by atoms with Gasteiger partial charge in [-0.1, -0.05) is 29.8 Å². The number of hydrogen-bond donors (Lipinski definition) is 3. The van der Waals surface area contributed by atoms with Gasteiger partial charge in [0.15, 0.2) is 5.82 Å². The van der Waals surface area contributed by atoms with Crippen LogP contribution in [0.5, 0.6) is 0 Å². The molecule has 0 fully saturated rings. The van der Waals surface area contributed by atoms with Gasteiger partial charge in [0, 0.05) is 5.69 Å². The lowest BCUT2D eigenvalue weighted by atomic mass is 10.2. The van der Waals surface area contributed by atoms with Crippen LogP contribution in [-0.2, 0) is 13.1 Å². The van der Waals surface area contributed by atoms with Crippen molar-refractivity contribution in [2.45, 2.75) is 20.0 Å². The molecule has 8 heteroatoms. The number of hydrogen-bond acceptors (Lipinski definition) is 6. The van der Waals surface area contributed by atoms with Gasteiger partial charge in [-0.05, 0) is 30.7 Å². The first-order valence-corrected chi connectivity index (χ1v) is 9.07. The number of anilines is 3. The van der Waals surface area contributed by atoms with Gasteiger partial charge in [0.25, 0.3) is 0 Å². The van der Waals surface area contributed by atoms with Crippen LogP contribution in [0.2, 0.25) is 4.34 Å². The fraction of sp³-hybridized carbons (Fsp3) is 0.235. The number of rotatable bonds is 6. The van der Waals surface area contributed by atoms with E-state index in [2.05, 4.69) is 27.3 Å². The van der Waals surface area contributed by atoms with E-state index in [-0.39, 0.29) is 5.95 Å². The van der Waals surface area contributed by atoms with Crippen molar-refractivity contribution in [2.75, 3.05) is 18.1 Å². The maximum Gasteiger partial charge on any atom is 0.232 e. The first-order chi connectivity index (χ1) is 12.0. The van der Waals surface area contributed by atoms with E-state index in [1.807, 2.05) is 43.3 Å². The van der Waals surface area contributed by atoms with Crippen LogP contribution in [0.3, 0.4) is 0 Å². The van der Waals surface area contributed by atoms with Crippen LogP contribution >= 0.6 is 22.9 Å². The summed E-state index contributed by atoms with van der Waals surface area (Å²) in [5.41, 5.74) is 7.92. The molecule has 0 aliphatic heterocycles. The molecule has 3 aromatic rings. The minimum atomic E-state index is 0.216. The summed E-state index contributed by atoms with van der Waals surface area (Å²) in [6.07, 6.45) is 0. The lowest BCUT2D eigenvalue weighted by molar-refractivity contribution is -0.908. The smallest absolute Gasteiger partial charge is 0.232 e. The molecule has 0 radical (unpaired) electrons. The molecule has 4 N–H and O–H groups in total. The van der Waals surface area contributed by atoms with Crippen molar-refractivity contribution in [1.82, 2.24) is 15.0 Å². The molecule has 0 bridgehead atoms. The van der Waals surface area contributed by atoms with E-state index < -0.39 is 0 Å². The minimum absolute atomic E-state index is 0.216. The maximum atomic E-state index is 5.99. The second kappa shape index (κ2) is 7.77. The molecule has 6 nitrogen and oxygen atoms in total. The highest BCUT2D eigenvalue weighted by Crippen LogP contribution is 2.20. The monoisotopic (exact) mass is 375 g/mol. The molecular weight excluding hydrogens is 356 g/mol. The molecule has 0 aliphatic rings. The van der Waals surface area contributed by atoms with Crippen LogP contribution in [0.15, 0.2) is 36.4 Å². The number of nitrogens with zero attached hydrogens (tertiary/aromatic N) is 3. The summed E-state index contributed by atoms with van der Waals surface area (Å²) in [6, 6.07) is 11.9. The molecule has 1 atom stereocenters. The summed E-state index contributed by atoms with van der Waals surface area (Å²) < 4.78 is 0.803. The van der Waals surface area contributed by atoms with Crippen LogP contribution in [0.4, 0.5) is 17.6 Å². The van der Waals surface area contributed by atoms with Crippen molar-refractivity contribution in [1.29, 1.82) is 0 Å². The Hall–Kier alpha value is -2.22. The topological polar surface area (TPSA) is 81.2 Å². The molecule has 2 aromatic heterocycles. The van der Waals surface area contributed by atoms with E-state index in [0.29, 0.717) is 18.3 Å². The average Bonchev–Trinajstić information content (AvgIpc) is 2.94. The van der Waals surface area contributed by atoms with Crippen LogP contribution in [-0.4, -0.2) is 22.0 Å². The molecule has 25 heavy (non-hydrogen) atoms. The van der Waals surface area contributed by atoms with Gasteiger partial charge in [0.1, 0.15) is 13.1 Å². The number of para-hydroxylation sites is 1. The number of aromatic nitrogens is 3. The molecule has 0 spiro atoms. The third kappa shape index (κ3) is 4.88. The van der Waals surface area contributed by atoms with Gasteiger partial charge >= 0.3 is 0 Å². The molecule has 130 valence electrons. The molecule has 0 saturated heterocycles. The highest BCUT2D eigenvalue weighted by atomic mass is 35.5. The van der Waals surface area contributed by atoms with Gasteiger partial charge in [-0.15, -0.1) is 11.3 Å². The first-order valence-electron chi connectivity index (χ1n) is 7.88. The minimum Gasteiger partial charge on any atom is -0.368 e. The average molecular weight is 376 g/mol. The lowest BCUT2D eigenvalue weighted by Gasteiger charge is -2.13. The highest BCUT2D eigenvalue weighted by Gasteiger charge is 2.12. The summed E-state index contributed by atoms with van der Waals surface area (Å²) in [4.78, 5) is 15.4. The van der Waals surface area contributed by atoms with Crippen LogP contribution < -0.4 is 16.0 Å². The number of halogens is 1. The second-order valence-corrected chi connectivity index (χ2v) is 7.69. The van der Waals surface area contributed by atoms with Gasteiger partial charge < -0.3 is 16.0 Å². The predicted molar refractivity (Wildman–Crippen MR) is 102 cm³/mol. The third-order valence-corrected chi connectivity index (χ3v) is 4.89. The molecule has 1 aromatic carbocycles. The molecule has 3 rings (SSSR count). The zero-order valence-electron chi connectivity index (χ0n) is 14.1. The van der Waals surface area contributed by atoms with Gasteiger partial charge in [-0.25, -0.2) is 0 Å². The van der Waals surface area contributed by atoms with Crippen molar-refractivity contribution < 1.29 is 4.90 Å². The van der Waals surface area contributed by atoms with Crippen molar-refractivity contribution >= 4 is 40.5 Å². The summed E-state index contributed by atoms with van der Waals surface area (Å²) >= 11 is 7.58. The maximum absolute atomic E-state index is 5.99. The fourth-order valence-electron chi connectivity index (χ4n) is 2.48. The second-order valence-electron chi connectivity index (χ2n) is 5.89. The van der Waals surface area contributed by atoms with Crippen molar-refractivity contribution in [3.63, 3.8) is 0 Å².